The molecule has 2 amide bonds. The number of nitriles is 1. The van der Waals surface area contributed by atoms with Gasteiger partial charge in [-0.25, -0.2) is 9.78 Å². The van der Waals surface area contributed by atoms with Gasteiger partial charge in [0.15, 0.2) is 0 Å². The van der Waals surface area contributed by atoms with Crippen LogP contribution in [0.5, 0.6) is 0 Å². The summed E-state index contributed by atoms with van der Waals surface area (Å²) < 4.78 is 0. The number of pyridine rings is 1. The highest BCUT2D eigenvalue weighted by molar-refractivity contribution is 5.88. The van der Waals surface area contributed by atoms with E-state index in [0.29, 0.717) is 25.5 Å². The quantitative estimate of drug-likeness (QED) is 0.842. The predicted molar refractivity (Wildman–Crippen MR) is 80.8 cm³/mol. The molecule has 6 nitrogen and oxygen atoms in total. The highest BCUT2D eigenvalue weighted by Gasteiger charge is 2.31. The Bertz CT molecular complexity index is 541. The molecule has 0 unspecified atom stereocenters. The SMILES string of the molecule is Cc1cccc(NC(=O)N2C[C@H](C)N(CC#N)[C@@H](C)C2)n1. The van der Waals surface area contributed by atoms with Crippen molar-refractivity contribution in [3.8, 4) is 6.07 Å². The largest absolute Gasteiger partial charge is 0.323 e. The molecule has 0 spiro atoms. The molecule has 1 aromatic rings. The molecule has 2 atom stereocenters. The lowest BCUT2D eigenvalue weighted by Gasteiger charge is -2.43. The van der Waals surface area contributed by atoms with Gasteiger partial charge >= 0.3 is 6.03 Å². The van der Waals surface area contributed by atoms with E-state index in [0.717, 1.165) is 5.69 Å². The van der Waals surface area contributed by atoms with Crippen molar-refractivity contribution in [1.82, 2.24) is 14.8 Å². The third-order valence-electron chi connectivity index (χ3n) is 3.77. The van der Waals surface area contributed by atoms with E-state index in [9.17, 15) is 4.79 Å². The van der Waals surface area contributed by atoms with Crippen LogP contribution in [0.25, 0.3) is 0 Å². The van der Waals surface area contributed by atoms with Crippen LogP contribution in [0.1, 0.15) is 19.5 Å². The van der Waals surface area contributed by atoms with Crippen LogP contribution in [0.3, 0.4) is 0 Å². The van der Waals surface area contributed by atoms with Crippen molar-refractivity contribution in [2.75, 3.05) is 25.0 Å². The minimum atomic E-state index is -0.136. The average molecular weight is 287 g/mol. The maximum Gasteiger partial charge on any atom is 0.323 e. The Morgan fingerprint density at radius 1 is 1.43 bits per heavy atom. The summed E-state index contributed by atoms with van der Waals surface area (Å²) in [7, 11) is 0. The van der Waals surface area contributed by atoms with Crippen LogP contribution >= 0.6 is 0 Å². The molecule has 1 N–H and O–H groups in total. The molecule has 1 fully saturated rings. The fourth-order valence-corrected chi connectivity index (χ4v) is 2.72. The van der Waals surface area contributed by atoms with Crippen LogP contribution in [0.15, 0.2) is 18.2 Å². The molecule has 0 aliphatic carbocycles. The first-order chi connectivity index (χ1) is 10.0. The molecule has 2 rings (SSSR count). The average Bonchev–Trinajstić information content (AvgIpc) is 2.42. The molecule has 1 saturated heterocycles. The fourth-order valence-electron chi connectivity index (χ4n) is 2.72. The Hall–Kier alpha value is -2.13. The second-order valence-corrected chi connectivity index (χ2v) is 5.53. The maximum absolute atomic E-state index is 12.3. The molecule has 1 aliphatic heterocycles. The van der Waals surface area contributed by atoms with Gasteiger partial charge < -0.3 is 4.90 Å². The van der Waals surface area contributed by atoms with Gasteiger partial charge in [0.1, 0.15) is 5.82 Å². The number of anilines is 1. The second-order valence-electron chi connectivity index (χ2n) is 5.53. The van der Waals surface area contributed by atoms with Gasteiger partial charge in [0.05, 0.1) is 12.6 Å². The molecule has 1 aliphatic rings. The summed E-state index contributed by atoms with van der Waals surface area (Å²) in [5.74, 6) is 0.569. The summed E-state index contributed by atoms with van der Waals surface area (Å²) in [6, 6.07) is 7.93. The van der Waals surface area contributed by atoms with Gasteiger partial charge in [0, 0.05) is 30.9 Å². The number of carbonyl (C=O) groups excluding carboxylic acids is 1. The normalized spacial score (nSPS) is 22.7. The molecule has 6 heteroatoms. The summed E-state index contributed by atoms with van der Waals surface area (Å²) >= 11 is 0. The Balaban J connectivity index is 2.00. The van der Waals surface area contributed by atoms with E-state index in [2.05, 4.69) is 21.3 Å². The molecular formula is C15H21N5O. The first-order valence-corrected chi connectivity index (χ1v) is 7.13. The summed E-state index contributed by atoms with van der Waals surface area (Å²) in [6.07, 6.45) is 0. The van der Waals surface area contributed by atoms with Gasteiger partial charge in [-0.05, 0) is 32.9 Å². The lowest BCUT2D eigenvalue weighted by Crippen LogP contribution is -2.58. The van der Waals surface area contributed by atoms with Crippen molar-refractivity contribution < 1.29 is 4.79 Å². The molecule has 21 heavy (non-hydrogen) atoms. The fraction of sp³-hybridized carbons (Fsp3) is 0.533. The van der Waals surface area contributed by atoms with E-state index >= 15 is 0 Å². The number of aromatic nitrogens is 1. The molecule has 0 aromatic carbocycles. The van der Waals surface area contributed by atoms with Crippen LogP contribution < -0.4 is 5.32 Å². The highest BCUT2D eigenvalue weighted by atomic mass is 16.2. The molecule has 0 saturated carbocycles. The van der Waals surface area contributed by atoms with E-state index in [4.69, 9.17) is 5.26 Å². The van der Waals surface area contributed by atoms with Crippen LogP contribution in [0.4, 0.5) is 10.6 Å². The number of carbonyl (C=O) groups is 1. The number of hydrogen-bond acceptors (Lipinski definition) is 4. The first-order valence-electron chi connectivity index (χ1n) is 7.13. The number of piperazine rings is 1. The zero-order valence-corrected chi connectivity index (χ0v) is 12.7. The first kappa shape index (κ1) is 15.3. The Morgan fingerprint density at radius 3 is 2.67 bits per heavy atom. The summed E-state index contributed by atoms with van der Waals surface area (Å²) in [5, 5.41) is 11.7. The molecule has 0 bridgehead atoms. The molecular weight excluding hydrogens is 266 g/mol. The molecule has 1 aromatic heterocycles. The maximum atomic E-state index is 12.3. The van der Waals surface area contributed by atoms with E-state index in [1.807, 2.05) is 32.9 Å². The van der Waals surface area contributed by atoms with Crippen LogP contribution in [-0.2, 0) is 0 Å². The van der Waals surface area contributed by atoms with E-state index in [1.54, 1.807) is 11.0 Å². The molecule has 2 heterocycles. The lowest BCUT2D eigenvalue weighted by molar-refractivity contribution is 0.0703. The van der Waals surface area contributed by atoms with Gasteiger partial charge in [0.2, 0.25) is 0 Å². The standard InChI is InChI=1S/C15H21N5O/c1-11-5-4-6-14(17-11)18-15(21)19-9-12(2)20(8-7-16)13(3)10-19/h4-6,12-13H,8-10H2,1-3H3,(H,17,18,21)/t12-,13-/m0/s1. The summed E-state index contributed by atoms with van der Waals surface area (Å²) in [6.45, 7) is 7.60. The minimum absolute atomic E-state index is 0.136. The van der Waals surface area contributed by atoms with Crippen LogP contribution in [-0.4, -0.2) is 52.5 Å². The smallest absolute Gasteiger partial charge is 0.321 e. The molecule has 0 radical (unpaired) electrons. The highest BCUT2D eigenvalue weighted by Crippen LogP contribution is 2.16. The zero-order valence-electron chi connectivity index (χ0n) is 12.7. The summed E-state index contributed by atoms with van der Waals surface area (Å²) in [4.78, 5) is 20.5. The van der Waals surface area contributed by atoms with Crippen molar-refractivity contribution in [2.24, 2.45) is 0 Å². The van der Waals surface area contributed by atoms with E-state index in [1.165, 1.54) is 0 Å². The van der Waals surface area contributed by atoms with Crippen molar-refractivity contribution in [3.63, 3.8) is 0 Å². The second kappa shape index (κ2) is 6.55. The Morgan fingerprint density at radius 2 is 2.10 bits per heavy atom. The summed E-state index contributed by atoms with van der Waals surface area (Å²) in [5.41, 5.74) is 0.869. The number of aryl methyl sites for hydroxylation is 1. The monoisotopic (exact) mass is 287 g/mol. The zero-order chi connectivity index (χ0) is 15.4. The van der Waals surface area contributed by atoms with Gasteiger partial charge in [-0.2, -0.15) is 5.26 Å². The van der Waals surface area contributed by atoms with Gasteiger partial charge in [0.25, 0.3) is 0 Å². The third kappa shape index (κ3) is 3.70. The van der Waals surface area contributed by atoms with Crippen LogP contribution in [0.2, 0.25) is 0 Å². The lowest BCUT2D eigenvalue weighted by atomic mass is 10.1. The number of hydrogen-bond donors (Lipinski definition) is 1. The number of amides is 2. The molecule has 112 valence electrons. The van der Waals surface area contributed by atoms with Crippen molar-refractivity contribution in [1.29, 1.82) is 5.26 Å². The van der Waals surface area contributed by atoms with E-state index < -0.39 is 0 Å². The van der Waals surface area contributed by atoms with Crippen molar-refractivity contribution >= 4 is 11.8 Å². The van der Waals surface area contributed by atoms with Crippen molar-refractivity contribution in [3.05, 3.63) is 23.9 Å². The minimum Gasteiger partial charge on any atom is -0.321 e. The third-order valence-corrected chi connectivity index (χ3v) is 3.77. The van der Waals surface area contributed by atoms with Gasteiger partial charge in [-0.15, -0.1) is 0 Å². The number of nitrogens with zero attached hydrogens (tertiary/aromatic N) is 4. The Labute approximate surface area is 125 Å². The van der Waals surface area contributed by atoms with Gasteiger partial charge in [-0.1, -0.05) is 6.07 Å². The number of nitrogens with one attached hydrogen (secondary N) is 1. The number of urea groups is 1. The Kier molecular flexibility index (Phi) is 4.76. The predicted octanol–water partition coefficient (Wildman–Crippen LogP) is 1.84. The van der Waals surface area contributed by atoms with Crippen molar-refractivity contribution in [2.45, 2.75) is 32.9 Å². The number of rotatable bonds is 2. The van der Waals surface area contributed by atoms with Crippen LogP contribution in [0, 0.1) is 18.3 Å². The van der Waals surface area contributed by atoms with Gasteiger partial charge in [-0.3, -0.25) is 10.2 Å². The topological polar surface area (TPSA) is 72.3 Å². The van der Waals surface area contributed by atoms with E-state index in [-0.39, 0.29) is 18.1 Å².